The molecule has 2 unspecified atom stereocenters. The van der Waals surface area contributed by atoms with Crippen molar-refractivity contribution >= 4 is 19.8 Å². The van der Waals surface area contributed by atoms with Gasteiger partial charge in [-0.3, -0.25) is 14.2 Å². The lowest BCUT2D eigenvalue weighted by Gasteiger charge is -2.28. The third kappa shape index (κ3) is 47.2. The molecule has 0 aromatic heterocycles. The smallest absolute Gasteiger partial charge is 0.306 e. The number of rotatable bonds is 45. The first-order valence-electron chi connectivity index (χ1n) is 25.0. The van der Waals surface area contributed by atoms with Gasteiger partial charge in [0, 0.05) is 12.8 Å². The largest absolute Gasteiger partial charge is 0.756 e. The number of hydrogen-bond donors (Lipinski definition) is 0. The normalized spacial score (nSPS) is 14.0. The molecule has 0 saturated heterocycles. The van der Waals surface area contributed by atoms with E-state index in [1.165, 1.54) is 103 Å². The molecule has 0 fully saturated rings. The number of nitrogens with zero attached hydrogens (tertiary/aromatic N) is 1. The minimum Gasteiger partial charge on any atom is -0.756 e. The van der Waals surface area contributed by atoms with E-state index in [1.54, 1.807) is 0 Å². The second-order valence-electron chi connectivity index (χ2n) is 17.8. The number of ether oxygens (including phenoxy) is 2. The quantitative estimate of drug-likeness (QED) is 0.0195. The highest BCUT2D eigenvalue weighted by Crippen LogP contribution is 2.38. The van der Waals surface area contributed by atoms with Crippen molar-refractivity contribution in [2.75, 3.05) is 47.5 Å². The zero-order valence-electron chi connectivity index (χ0n) is 40.6. The van der Waals surface area contributed by atoms with Crippen LogP contribution in [0.2, 0.25) is 0 Å². The molecule has 0 heterocycles. The Bertz CT molecular complexity index is 1240. The van der Waals surface area contributed by atoms with Gasteiger partial charge in [0.15, 0.2) is 6.10 Å². The van der Waals surface area contributed by atoms with Crippen LogP contribution in [0.1, 0.15) is 206 Å². The van der Waals surface area contributed by atoms with Gasteiger partial charge in [0.2, 0.25) is 0 Å². The summed E-state index contributed by atoms with van der Waals surface area (Å²) in [4.78, 5) is 37.7. The molecule has 0 aromatic carbocycles. The van der Waals surface area contributed by atoms with Gasteiger partial charge < -0.3 is 27.9 Å². The number of carbonyl (C=O) groups is 2. The van der Waals surface area contributed by atoms with Crippen LogP contribution in [0.3, 0.4) is 0 Å². The van der Waals surface area contributed by atoms with Crippen LogP contribution in [0.5, 0.6) is 0 Å². The number of esters is 2. The van der Waals surface area contributed by atoms with E-state index in [-0.39, 0.29) is 26.1 Å². The number of hydrogen-bond acceptors (Lipinski definition) is 8. The maximum Gasteiger partial charge on any atom is 0.306 e. The van der Waals surface area contributed by atoms with E-state index in [2.05, 4.69) is 74.6 Å². The lowest BCUT2D eigenvalue weighted by atomic mass is 10.1. The molecule has 0 aromatic rings. The zero-order valence-corrected chi connectivity index (χ0v) is 41.4. The molecule has 0 radical (unpaired) electrons. The third-order valence-corrected chi connectivity index (χ3v) is 11.5. The number of unbranched alkanes of at least 4 members (excludes halogenated alkanes) is 21. The SMILES string of the molecule is CC/C=C\C/C=C\C/C=C\C/C=C\CCCCCCC(=O)OC(COC(=O)CCCCCCCCCCC/C=C\CCCCCCCCCC)COP(=O)([O-])OCC[N+](C)(C)C. The van der Waals surface area contributed by atoms with Crippen LogP contribution in [0.25, 0.3) is 0 Å². The molecule has 9 nitrogen and oxygen atoms in total. The monoisotopic (exact) mass is 892 g/mol. The molecule has 10 heteroatoms. The first kappa shape index (κ1) is 59.7. The van der Waals surface area contributed by atoms with E-state index in [9.17, 15) is 19.0 Å². The summed E-state index contributed by atoms with van der Waals surface area (Å²) in [5.74, 6) is -0.864. The van der Waals surface area contributed by atoms with Gasteiger partial charge in [0.1, 0.15) is 19.8 Å². The number of quaternary nitrogens is 1. The predicted octanol–water partition coefficient (Wildman–Crippen LogP) is 14.2. The average molecular weight is 892 g/mol. The van der Waals surface area contributed by atoms with Gasteiger partial charge in [-0.2, -0.15) is 0 Å². The maximum absolute atomic E-state index is 12.7. The van der Waals surface area contributed by atoms with E-state index >= 15 is 0 Å². The molecular formula is C52H94NO8P. The third-order valence-electron chi connectivity index (χ3n) is 10.5. The van der Waals surface area contributed by atoms with Crippen LogP contribution >= 0.6 is 7.82 Å². The second kappa shape index (κ2) is 43.9. The summed E-state index contributed by atoms with van der Waals surface area (Å²) < 4.78 is 34.0. The van der Waals surface area contributed by atoms with E-state index in [1.807, 2.05) is 21.1 Å². The number of phosphoric ester groups is 1. The fourth-order valence-corrected chi connectivity index (χ4v) is 7.37. The number of carbonyl (C=O) groups excluding carboxylic acids is 2. The van der Waals surface area contributed by atoms with Crippen molar-refractivity contribution in [3.63, 3.8) is 0 Å². The maximum atomic E-state index is 12.7. The van der Waals surface area contributed by atoms with Crippen LogP contribution in [0.4, 0.5) is 0 Å². The number of likely N-dealkylation sites (N-methyl/N-ethyl adjacent to an activating group) is 1. The summed E-state index contributed by atoms with van der Waals surface area (Å²) in [6.07, 6.45) is 53.9. The summed E-state index contributed by atoms with van der Waals surface area (Å²) in [5.41, 5.74) is 0. The van der Waals surface area contributed by atoms with Crippen molar-refractivity contribution in [2.45, 2.75) is 213 Å². The first-order valence-corrected chi connectivity index (χ1v) is 26.5. The van der Waals surface area contributed by atoms with Gasteiger partial charge in [0.25, 0.3) is 7.82 Å². The molecule has 0 rings (SSSR count). The lowest BCUT2D eigenvalue weighted by Crippen LogP contribution is -2.37. The van der Waals surface area contributed by atoms with Crippen molar-refractivity contribution in [3.05, 3.63) is 60.8 Å². The van der Waals surface area contributed by atoms with Crippen molar-refractivity contribution in [1.82, 2.24) is 0 Å². The highest BCUT2D eigenvalue weighted by Gasteiger charge is 2.21. The van der Waals surface area contributed by atoms with Crippen LogP contribution in [-0.2, 0) is 32.7 Å². The Morgan fingerprint density at radius 2 is 0.919 bits per heavy atom. The van der Waals surface area contributed by atoms with Crippen LogP contribution in [0, 0.1) is 0 Å². The van der Waals surface area contributed by atoms with Gasteiger partial charge in [-0.15, -0.1) is 0 Å². The van der Waals surface area contributed by atoms with Crippen LogP contribution in [-0.4, -0.2) is 70.0 Å². The van der Waals surface area contributed by atoms with Crippen molar-refractivity contribution in [3.8, 4) is 0 Å². The topological polar surface area (TPSA) is 111 Å². The molecule has 2 atom stereocenters. The summed E-state index contributed by atoms with van der Waals surface area (Å²) in [6, 6.07) is 0. The highest BCUT2D eigenvalue weighted by atomic mass is 31.2. The van der Waals surface area contributed by atoms with Crippen molar-refractivity contribution < 1.29 is 42.1 Å². The first-order chi connectivity index (χ1) is 30.0. The molecule has 0 spiro atoms. The minimum atomic E-state index is -4.64. The number of phosphoric acid groups is 1. The molecule has 0 N–H and O–H groups in total. The Morgan fingerprint density at radius 3 is 1.39 bits per heavy atom. The van der Waals surface area contributed by atoms with Gasteiger partial charge in [-0.25, -0.2) is 0 Å². The standard InChI is InChI=1S/C52H94NO8P/c1-6-8-10-12-14-16-18-20-22-24-25-26-27-29-30-32-34-36-38-40-42-44-51(54)58-48-50(49-60-62(56,57)59-47-46-53(3,4)5)61-52(55)45-43-41-39-37-35-33-31-28-23-21-19-17-15-13-11-9-7-2/h9,11,15,17,21,23-25,31,33,50H,6-8,10,12-14,16,18-20,22,26-30,32,34-49H2,1-5H3/b11-9-,17-15-,23-21-,25-24-,33-31-. The summed E-state index contributed by atoms with van der Waals surface area (Å²) in [7, 11) is 1.14. The van der Waals surface area contributed by atoms with Crippen molar-refractivity contribution in [1.29, 1.82) is 0 Å². The molecule has 0 aliphatic heterocycles. The molecule has 0 aliphatic carbocycles. The predicted molar refractivity (Wildman–Crippen MR) is 259 cm³/mol. The minimum absolute atomic E-state index is 0.0384. The molecular weight excluding hydrogens is 798 g/mol. The molecule has 0 saturated carbocycles. The number of allylic oxidation sites excluding steroid dienone is 10. The van der Waals surface area contributed by atoms with Crippen LogP contribution < -0.4 is 4.89 Å². The second-order valence-corrected chi connectivity index (χ2v) is 19.2. The Labute approximate surface area is 381 Å². The molecule has 360 valence electrons. The fourth-order valence-electron chi connectivity index (χ4n) is 6.64. The Hall–Kier alpha value is -2.29. The average Bonchev–Trinajstić information content (AvgIpc) is 3.23. The lowest BCUT2D eigenvalue weighted by molar-refractivity contribution is -0.870. The fraction of sp³-hybridized carbons (Fsp3) is 0.769. The summed E-state index contributed by atoms with van der Waals surface area (Å²) >= 11 is 0. The Balaban J connectivity index is 4.30. The van der Waals surface area contributed by atoms with Gasteiger partial charge in [-0.1, -0.05) is 177 Å². The van der Waals surface area contributed by atoms with E-state index in [0.717, 1.165) is 70.6 Å². The van der Waals surface area contributed by atoms with Crippen LogP contribution in [0.15, 0.2) is 60.8 Å². The molecule has 0 aliphatic rings. The highest BCUT2D eigenvalue weighted by molar-refractivity contribution is 7.45. The van der Waals surface area contributed by atoms with E-state index < -0.39 is 32.5 Å². The van der Waals surface area contributed by atoms with Gasteiger partial charge >= 0.3 is 11.9 Å². The van der Waals surface area contributed by atoms with Gasteiger partial charge in [-0.05, 0) is 77.0 Å². The Kier molecular flexibility index (Phi) is 42.3. The van der Waals surface area contributed by atoms with Crippen molar-refractivity contribution in [2.24, 2.45) is 0 Å². The molecule has 0 amide bonds. The van der Waals surface area contributed by atoms with E-state index in [4.69, 9.17) is 18.5 Å². The zero-order chi connectivity index (χ0) is 45.7. The van der Waals surface area contributed by atoms with E-state index in [0.29, 0.717) is 17.4 Å². The van der Waals surface area contributed by atoms with Gasteiger partial charge in [0.05, 0.1) is 27.7 Å². The Morgan fingerprint density at radius 1 is 0.516 bits per heavy atom. The summed E-state index contributed by atoms with van der Waals surface area (Å²) in [5, 5.41) is 0. The molecule has 0 bridgehead atoms. The summed E-state index contributed by atoms with van der Waals surface area (Å²) in [6.45, 7) is 4.09. The molecule has 62 heavy (non-hydrogen) atoms.